The van der Waals surface area contributed by atoms with Crippen LogP contribution >= 0.6 is 11.8 Å². The third-order valence-electron chi connectivity index (χ3n) is 18.0. The summed E-state index contributed by atoms with van der Waals surface area (Å²) in [5.41, 5.74) is 1.14. The van der Waals surface area contributed by atoms with Crippen LogP contribution in [0.1, 0.15) is 316 Å². The summed E-state index contributed by atoms with van der Waals surface area (Å²) in [6, 6.07) is 20.4. The van der Waals surface area contributed by atoms with E-state index >= 15 is 0 Å². The second-order valence-electron chi connectivity index (χ2n) is 27.7. The SMILES string of the molecule is C=C(C)C(=O)OCCCCC(O)CO.CCCCCCCCCCCCCCCCCCOC(=O)C(CC(SCCC(=O)OCCCC)C(=O)OCCCCC(O)CO)CC(CC(C)(CC(C)(C)c1ccccc1)C(=O)OCCCCCCCCCCCC)c1ccccc1. The fraction of sp³-hybridized carbons (Fsp3) is 0.762. The van der Waals surface area contributed by atoms with Gasteiger partial charge in [-0.05, 0) is 120 Å². The molecule has 0 heterocycles. The van der Waals surface area contributed by atoms with Crippen LogP contribution in [0.25, 0.3) is 0 Å². The molecule has 0 fully saturated rings. The van der Waals surface area contributed by atoms with Crippen molar-refractivity contribution in [3.8, 4) is 0 Å². The maximum absolute atomic E-state index is 14.9. The zero-order valence-electron chi connectivity index (χ0n) is 60.9. The predicted molar refractivity (Wildman–Crippen MR) is 389 cm³/mol. The van der Waals surface area contributed by atoms with Crippen LogP contribution in [0.2, 0.25) is 0 Å². The maximum Gasteiger partial charge on any atom is 0.333 e. The minimum absolute atomic E-state index is 0.106. The van der Waals surface area contributed by atoms with E-state index in [0.717, 1.165) is 68.9 Å². The maximum atomic E-state index is 14.9. The van der Waals surface area contributed by atoms with Crippen LogP contribution in [-0.2, 0) is 53.1 Å². The lowest BCUT2D eigenvalue weighted by Gasteiger charge is -2.39. The van der Waals surface area contributed by atoms with Gasteiger partial charge in [-0.25, -0.2) is 4.79 Å². The van der Waals surface area contributed by atoms with Gasteiger partial charge >= 0.3 is 29.8 Å². The second kappa shape index (κ2) is 58.7. The minimum Gasteiger partial charge on any atom is -0.466 e. The molecule has 6 atom stereocenters. The van der Waals surface area contributed by atoms with Gasteiger partial charge < -0.3 is 44.1 Å². The summed E-state index contributed by atoms with van der Waals surface area (Å²) in [5.74, 6) is -2.54. The van der Waals surface area contributed by atoms with Gasteiger partial charge in [0.1, 0.15) is 5.25 Å². The van der Waals surface area contributed by atoms with Gasteiger partial charge in [0.15, 0.2) is 0 Å². The Bertz CT molecular complexity index is 2210. The van der Waals surface area contributed by atoms with Gasteiger partial charge in [-0.15, -0.1) is 11.8 Å². The molecule has 546 valence electrons. The highest BCUT2D eigenvalue weighted by atomic mass is 32.2. The molecule has 0 amide bonds. The Morgan fingerprint density at radius 3 is 1.34 bits per heavy atom. The summed E-state index contributed by atoms with van der Waals surface area (Å²) in [5, 5.41) is 35.9. The van der Waals surface area contributed by atoms with Gasteiger partial charge in [0.25, 0.3) is 0 Å². The van der Waals surface area contributed by atoms with Crippen LogP contribution < -0.4 is 0 Å². The molecular formula is C80H136O14S. The number of aliphatic hydroxyl groups is 4. The van der Waals surface area contributed by atoms with Crippen LogP contribution in [0.5, 0.6) is 0 Å². The highest BCUT2D eigenvalue weighted by Gasteiger charge is 2.44. The molecule has 0 aliphatic heterocycles. The van der Waals surface area contributed by atoms with Crippen molar-refractivity contribution in [1.29, 1.82) is 0 Å². The topological polar surface area (TPSA) is 212 Å². The Balaban J connectivity index is 0.00000286. The Kier molecular flexibility index (Phi) is 54.8. The third-order valence-corrected chi connectivity index (χ3v) is 19.2. The van der Waals surface area contributed by atoms with E-state index in [4.69, 9.17) is 33.9 Å². The molecule has 0 radical (unpaired) electrons. The Morgan fingerprint density at radius 2 is 0.884 bits per heavy atom. The summed E-state index contributed by atoms with van der Waals surface area (Å²) in [4.78, 5) is 67.6. The lowest BCUT2D eigenvalue weighted by molar-refractivity contribution is -0.157. The van der Waals surface area contributed by atoms with Crippen molar-refractivity contribution in [1.82, 2.24) is 0 Å². The Hall–Kier alpha value is -4.28. The molecule has 0 aliphatic rings. The van der Waals surface area contributed by atoms with Gasteiger partial charge in [0.2, 0.25) is 0 Å². The molecule has 0 bridgehead atoms. The number of ether oxygens (including phenoxy) is 5. The van der Waals surface area contributed by atoms with E-state index < -0.39 is 40.2 Å². The molecule has 14 nitrogen and oxygen atoms in total. The zero-order chi connectivity index (χ0) is 70.1. The van der Waals surface area contributed by atoms with Crippen LogP contribution in [0.4, 0.5) is 0 Å². The molecular weight excluding hydrogens is 1220 g/mol. The number of thioether (sulfide) groups is 1. The first-order valence-corrected chi connectivity index (χ1v) is 38.7. The summed E-state index contributed by atoms with van der Waals surface area (Å²) in [6.07, 6.45) is 36.9. The van der Waals surface area contributed by atoms with Crippen molar-refractivity contribution >= 4 is 41.6 Å². The molecule has 2 aromatic carbocycles. The molecule has 15 heteroatoms. The van der Waals surface area contributed by atoms with E-state index in [9.17, 15) is 34.2 Å². The second-order valence-corrected chi connectivity index (χ2v) is 29.0. The van der Waals surface area contributed by atoms with E-state index in [-0.39, 0.29) is 69.1 Å². The highest BCUT2D eigenvalue weighted by Crippen LogP contribution is 2.46. The molecule has 0 spiro atoms. The van der Waals surface area contributed by atoms with Crippen molar-refractivity contribution < 1.29 is 68.1 Å². The summed E-state index contributed by atoms with van der Waals surface area (Å²) in [6.45, 7) is 18.9. The van der Waals surface area contributed by atoms with Gasteiger partial charge in [-0.3, -0.25) is 19.2 Å². The predicted octanol–water partition coefficient (Wildman–Crippen LogP) is 18.7. The molecule has 2 rings (SSSR count). The van der Waals surface area contributed by atoms with Crippen LogP contribution in [0.3, 0.4) is 0 Å². The fourth-order valence-electron chi connectivity index (χ4n) is 12.2. The van der Waals surface area contributed by atoms with Gasteiger partial charge in [-0.2, -0.15) is 0 Å². The van der Waals surface area contributed by atoms with Crippen molar-refractivity contribution in [2.75, 3.05) is 52.0 Å². The fourth-order valence-corrected chi connectivity index (χ4v) is 13.3. The first kappa shape index (κ1) is 88.7. The molecule has 2 aromatic rings. The molecule has 0 saturated heterocycles. The standard InChI is InChI=1S/C70H118O10S.C10H18O4/c1-7-10-13-15-17-19-21-22-23-24-25-26-28-29-31-40-50-78-66(74)60(55-64(81-53-48-65(73)77-49-12-9-3)67(75)79-51-42-39-47-63(72)57-71)54-61(59-43-35-33-36-44-59)56-70(6,58-69(4,5)62-45-37-34-38-46-62)68(76)80-52-41-32-30-27-20-18-16-14-11-8-2;1-8(2)10(13)14-6-4-3-5-9(12)7-11/h33-38,43-46,60-61,63-64,71-72H,7-32,39-42,47-58H2,1-6H3;9,11-12H,1,3-7H2,2H3. The lowest BCUT2D eigenvalue weighted by atomic mass is 9.65. The van der Waals surface area contributed by atoms with Crippen molar-refractivity contribution in [2.24, 2.45) is 11.3 Å². The van der Waals surface area contributed by atoms with Crippen LogP contribution in [0.15, 0.2) is 72.8 Å². The van der Waals surface area contributed by atoms with E-state index in [1.54, 1.807) is 6.92 Å². The number of esters is 5. The summed E-state index contributed by atoms with van der Waals surface area (Å²) >= 11 is 1.30. The number of carbonyl (C=O) groups excluding carboxylic acids is 5. The quantitative estimate of drug-likeness (QED) is 0.0210. The smallest absolute Gasteiger partial charge is 0.333 e. The van der Waals surface area contributed by atoms with E-state index in [0.29, 0.717) is 82.5 Å². The zero-order valence-corrected chi connectivity index (χ0v) is 61.7. The first-order chi connectivity index (χ1) is 45.9. The average Bonchev–Trinajstić information content (AvgIpc) is 0.807. The van der Waals surface area contributed by atoms with E-state index in [1.807, 2.05) is 50.2 Å². The number of carbonyl (C=O) groups is 5. The highest BCUT2D eigenvalue weighted by molar-refractivity contribution is 8.00. The number of unbranched alkanes of at least 4 members (excludes halogenated alkanes) is 27. The largest absolute Gasteiger partial charge is 0.466 e. The number of hydrogen-bond donors (Lipinski definition) is 4. The van der Waals surface area contributed by atoms with Crippen molar-refractivity contribution in [3.63, 3.8) is 0 Å². The summed E-state index contributed by atoms with van der Waals surface area (Å²) < 4.78 is 28.7. The van der Waals surface area contributed by atoms with Gasteiger partial charge in [0, 0.05) is 11.3 Å². The normalized spacial score (nSPS) is 13.7. The first-order valence-electron chi connectivity index (χ1n) is 37.7. The molecule has 4 N–H and O–H groups in total. The van der Waals surface area contributed by atoms with E-state index in [1.165, 1.54) is 140 Å². The summed E-state index contributed by atoms with van der Waals surface area (Å²) in [7, 11) is 0. The lowest BCUT2D eigenvalue weighted by Crippen LogP contribution is -2.39. The third kappa shape index (κ3) is 46.6. The number of benzene rings is 2. The van der Waals surface area contributed by atoms with Crippen LogP contribution in [-0.4, -0.2) is 120 Å². The Labute approximate surface area is 581 Å². The van der Waals surface area contributed by atoms with Crippen molar-refractivity contribution in [3.05, 3.63) is 83.9 Å². The number of aliphatic hydroxyl groups excluding tert-OH is 4. The van der Waals surface area contributed by atoms with E-state index in [2.05, 4.69) is 58.5 Å². The molecule has 0 saturated carbocycles. The van der Waals surface area contributed by atoms with Gasteiger partial charge in [0.05, 0.1) is 76.2 Å². The van der Waals surface area contributed by atoms with Gasteiger partial charge in [-0.1, -0.05) is 262 Å². The molecule has 0 aromatic heterocycles. The molecule has 95 heavy (non-hydrogen) atoms. The average molecular weight is 1350 g/mol. The molecule has 6 unspecified atom stereocenters. The Morgan fingerprint density at radius 1 is 0.484 bits per heavy atom. The minimum atomic E-state index is -0.963. The number of rotatable bonds is 61. The number of hydrogen-bond acceptors (Lipinski definition) is 15. The molecule has 0 aliphatic carbocycles. The van der Waals surface area contributed by atoms with Crippen LogP contribution in [0, 0.1) is 11.3 Å². The monoisotopic (exact) mass is 1350 g/mol. The van der Waals surface area contributed by atoms with Crippen molar-refractivity contribution in [2.45, 2.75) is 328 Å².